The van der Waals surface area contributed by atoms with Crippen molar-refractivity contribution in [1.82, 2.24) is 19.9 Å². The first kappa shape index (κ1) is 37.9. The number of ether oxygens (including phenoxy) is 1. The molecular formula is C40H44N6O5. The number of aromatic carboxylic acids is 1. The number of methoxy groups -OCH3 is 1. The highest BCUT2D eigenvalue weighted by molar-refractivity contribution is 5.95. The van der Waals surface area contributed by atoms with E-state index < -0.39 is 5.97 Å². The lowest BCUT2D eigenvalue weighted by molar-refractivity contribution is 0.0600. The molecule has 0 aliphatic heterocycles. The normalized spacial score (nSPS) is 10.6. The Morgan fingerprint density at radius 3 is 1.35 bits per heavy atom. The van der Waals surface area contributed by atoms with Crippen LogP contribution in [0.25, 0.3) is 44.6 Å². The molecule has 0 amide bonds. The van der Waals surface area contributed by atoms with Crippen LogP contribution in [0.15, 0.2) is 97.1 Å². The van der Waals surface area contributed by atoms with Crippen LogP contribution in [0.5, 0.6) is 0 Å². The van der Waals surface area contributed by atoms with Gasteiger partial charge in [-0.25, -0.2) is 29.5 Å². The Labute approximate surface area is 298 Å². The van der Waals surface area contributed by atoms with E-state index in [-0.39, 0.29) is 23.6 Å². The van der Waals surface area contributed by atoms with Gasteiger partial charge in [-0.1, -0.05) is 60.7 Å². The van der Waals surface area contributed by atoms with Gasteiger partial charge in [-0.3, -0.25) is 0 Å². The molecule has 0 spiro atoms. The molecule has 264 valence electrons. The molecule has 0 atom stereocenters. The van der Waals surface area contributed by atoms with Crippen LogP contribution in [0.2, 0.25) is 0 Å². The molecule has 0 aliphatic rings. The molecule has 6 rings (SSSR count). The summed E-state index contributed by atoms with van der Waals surface area (Å²) in [7, 11) is 6.33. The summed E-state index contributed by atoms with van der Waals surface area (Å²) in [5.41, 5.74) is 6.97. The van der Waals surface area contributed by atoms with E-state index in [4.69, 9.17) is 29.8 Å². The molecule has 0 unspecified atom stereocenters. The van der Waals surface area contributed by atoms with Gasteiger partial charge in [0.2, 0.25) is 0 Å². The number of carbonyl (C=O) groups is 2. The summed E-state index contributed by atoms with van der Waals surface area (Å²) in [5.74, 6) is 0.182. The second kappa shape index (κ2) is 17.1. The van der Waals surface area contributed by atoms with Gasteiger partial charge in [-0.2, -0.15) is 0 Å². The van der Waals surface area contributed by atoms with Crippen molar-refractivity contribution < 1.29 is 24.5 Å². The van der Waals surface area contributed by atoms with Crippen LogP contribution in [0, 0.1) is 0 Å². The molecule has 0 aliphatic carbocycles. The molecule has 2 aromatic heterocycles. The van der Waals surface area contributed by atoms with Crippen LogP contribution < -0.4 is 9.80 Å². The number of fused-ring (bicyclic) bond motifs is 2. The van der Waals surface area contributed by atoms with Crippen molar-refractivity contribution in [2.45, 2.75) is 39.8 Å². The van der Waals surface area contributed by atoms with Crippen LogP contribution in [-0.2, 0) is 4.74 Å². The zero-order chi connectivity index (χ0) is 37.2. The van der Waals surface area contributed by atoms with Gasteiger partial charge in [0.1, 0.15) is 11.4 Å². The molecule has 4 aromatic carbocycles. The lowest BCUT2D eigenvalue weighted by Gasteiger charge is -2.25. The first-order valence-corrected chi connectivity index (χ1v) is 16.4. The fourth-order valence-electron chi connectivity index (χ4n) is 5.03. The van der Waals surface area contributed by atoms with Crippen molar-refractivity contribution in [1.29, 1.82) is 0 Å². The lowest BCUT2D eigenvalue weighted by atomic mass is 10.1. The number of rotatable bonds is 8. The van der Waals surface area contributed by atoms with E-state index in [0.29, 0.717) is 22.1 Å². The maximum atomic E-state index is 11.8. The first-order valence-electron chi connectivity index (χ1n) is 16.4. The number of aliphatic hydroxyl groups is 1. The monoisotopic (exact) mass is 688 g/mol. The summed E-state index contributed by atoms with van der Waals surface area (Å²) in [6, 6.07) is 30.5. The zero-order valence-electron chi connectivity index (χ0n) is 30.2. The second-order valence-corrected chi connectivity index (χ2v) is 12.1. The van der Waals surface area contributed by atoms with Gasteiger partial charge < -0.3 is 24.7 Å². The molecule has 0 fully saturated rings. The Balaban J connectivity index is 0.000000218. The van der Waals surface area contributed by atoms with E-state index >= 15 is 0 Å². The van der Waals surface area contributed by atoms with Gasteiger partial charge in [0.25, 0.3) is 0 Å². The summed E-state index contributed by atoms with van der Waals surface area (Å²) in [6.45, 7) is 8.36. The smallest absolute Gasteiger partial charge is 0.337 e. The number of aromatic nitrogens is 4. The number of anilines is 2. The maximum absolute atomic E-state index is 11.8. The number of carbonyl (C=O) groups excluding carboxylic acids is 1. The Bertz CT molecular complexity index is 2110. The summed E-state index contributed by atoms with van der Waals surface area (Å²) in [6.07, 6.45) is 0. The molecule has 51 heavy (non-hydrogen) atoms. The van der Waals surface area contributed by atoms with Crippen LogP contribution in [0.1, 0.15) is 48.4 Å². The molecule has 0 radical (unpaired) electrons. The summed E-state index contributed by atoms with van der Waals surface area (Å²) >= 11 is 0. The Morgan fingerprint density at radius 2 is 0.980 bits per heavy atom. The molecule has 2 heterocycles. The molecule has 11 heteroatoms. The van der Waals surface area contributed by atoms with Crippen molar-refractivity contribution in [3.63, 3.8) is 0 Å². The third-order valence-corrected chi connectivity index (χ3v) is 8.27. The molecule has 2 N–H and O–H groups in total. The number of esters is 1. The standard InChI is InChI=1S/C20H21N3O2.C19H19N3O2.CH4O/c1-13(2)23(3)19-18(14-8-6-5-7-9-14)21-16-11-10-15(20(24)25-4)12-17(16)22-19;1-12(2)22(3)18-17(13-7-5-4-6-8-13)20-15-10-9-14(19(23)24)11-16(15)21-18;1-2/h5-13H,1-4H3;4-12H,1-3H3,(H,23,24);2H,1H3. The van der Waals surface area contributed by atoms with Crippen LogP contribution >= 0.6 is 0 Å². The molecule has 0 bridgehead atoms. The minimum Gasteiger partial charge on any atom is -0.478 e. The fourth-order valence-corrected chi connectivity index (χ4v) is 5.03. The average Bonchev–Trinajstić information content (AvgIpc) is 3.17. The molecule has 0 saturated carbocycles. The average molecular weight is 689 g/mol. The number of hydrogen-bond acceptors (Lipinski definition) is 10. The van der Waals surface area contributed by atoms with E-state index in [2.05, 4.69) is 32.6 Å². The molecule has 6 aromatic rings. The largest absolute Gasteiger partial charge is 0.478 e. The minimum atomic E-state index is -0.968. The van der Waals surface area contributed by atoms with Gasteiger partial charge in [0.05, 0.1) is 40.3 Å². The predicted octanol–water partition coefficient (Wildman–Crippen LogP) is 7.38. The SMILES string of the molecule is CC(C)N(C)c1nc2cc(C(=O)O)ccc2nc1-c1ccccc1.CO.COC(=O)c1ccc2nc(-c3ccccc3)c(N(C)C(C)C)nc2c1. The quantitative estimate of drug-likeness (QED) is 0.155. The van der Waals surface area contributed by atoms with Crippen molar-refractivity contribution in [2.24, 2.45) is 0 Å². The number of carboxylic acid groups (broad SMARTS) is 1. The molecular weight excluding hydrogens is 644 g/mol. The van der Waals surface area contributed by atoms with Gasteiger partial charge in [-0.15, -0.1) is 0 Å². The second-order valence-electron chi connectivity index (χ2n) is 12.1. The Kier molecular flexibility index (Phi) is 12.7. The lowest BCUT2D eigenvalue weighted by Crippen LogP contribution is -2.27. The van der Waals surface area contributed by atoms with E-state index in [0.717, 1.165) is 46.8 Å². The van der Waals surface area contributed by atoms with Crippen molar-refractivity contribution in [2.75, 3.05) is 38.1 Å². The number of hydrogen-bond donors (Lipinski definition) is 2. The summed E-state index contributed by atoms with van der Waals surface area (Å²) in [4.78, 5) is 46.2. The predicted molar refractivity (Wildman–Crippen MR) is 203 cm³/mol. The van der Waals surface area contributed by atoms with Crippen molar-refractivity contribution >= 4 is 45.6 Å². The number of nitrogens with zero attached hydrogens (tertiary/aromatic N) is 6. The molecule has 0 saturated heterocycles. The zero-order valence-corrected chi connectivity index (χ0v) is 30.2. The van der Waals surface area contributed by atoms with Crippen LogP contribution in [0.4, 0.5) is 11.6 Å². The van der Waals surface area contributed by atoms with Gasteiger partial charge in [0.15, 0.2) is 11.6 Å². The fraction of sp³-hybridized carbons (Fsp3) is 0.250. The Morgan fingerprint density at radius 1 is 0.588 bits per heavy atom. The highest BCUT2D eigenvalue weighted by atomic mass is 16.5. The van der Waals surface area contributed by atoms with E-state index in [1.54, 1.807) is 36.4 Å². The third kappa shape index (κ3) is 8.81. The number of benzene rings is 4. The van der Waals surface area contributed by atoms with Crippen molar-refractivity contribution in [3.05, 3.63) is 108 Å². The van der Waals surface area contributed by atoms with Crippen LogP contribution in [0.3, 0.4) is 0 Å². The minimum absolute atomic E-state index is 0.211. The maximum Gasteiger partial charge on any atom is 0.337 e. The van der Waals surface area contributed by atoms with Gasteiger partial charge >= 0.3 is 11.9 Å². The summed E-state index contributed by atoms with van der Waals surface area (Å²) in [5, 5.41) is 16.2. The Hall–Kier alpha value is -5.94. The highest BCUT2D eigenvalue weighted by Crippen LogP contribution is 2.32. The van der Waals surface area contributed by atoms with E-state index in [9.17, 15) is 14.7 Å². The van der Waals surface area contributed by atoms with Gasteiger partial charge in [-0.05, 0) is 64.1 Å². The van der Waals surface area contributed by atoms with Crippen LogP contribution in [-0.4, -0.2) is 82.5 Å². The van der Waals surface area contributed by atoms with E-state index in [1.165, 1.54) is 7.11 Å². The third-order valence-electron chi connectivity index (χ3n) is 8.27. The molecule has 11 nitrogen and oxygen atoms in total. The number of aliphatic hydroxyl groups excluding tert-OH is 1. The topological polar surface area (TPSA) is 142 Å². The van der Waals surface area contributed by atoms with E-state index in [1.807, 2.05) is 79.7 Å². The summed E-state index contributed by atoms with van der Waals surface area (Å²) < 4.78 is 4.80. The number of carboxylic acids is 1. The van der Waals surface area contributed by atoms with Crippen molar-refractivity contribution in [3.8, 4) is 22.5 Å². The highest BCUT2D eigenvalue weighted by Gasteiger charge is 2.19. The first-order chi connectivity index (χ1) is 24.5. The van der Waals surface area contributed by atoms with Gasteiger partial charge in [0, 0.05) is 44.4 Å².